The van der Waals surface area contributed by atoms with Crippen LogP contribution in [0.25, 0.3) is 0 Å². The molecule has 0 fully saturated rings. The summed E-state index contributed by atoms with van der Waals surface area (Å²) in [6.45, 7) is 4.22. The number of unbranched alkanes of at least 4 members (excludes halogenated alkanes) is 4. The number of anilines is 1. The molecule has 2 rings (SSSR count). The molecule has 2 N–H and O–H groups in total. The lowest BCUT2D eigenvalue weighted by Crippen LogP contribution is -2.31. The van der Waals surface area contributed by atoms with Crippen molar-refractivity contribution in [1.82, 2.24) is 5.32 Å². The van der Waals surface area contributed by atoms with E-state index in [2.05, 4.69) is 29.7 Å². The molecule has 0 radical (unpaired) electrons. The van der Waals surface area contributed by atoms with Crippen LogP contribution in [0.15, 0.2) is 54.6 Å². The second-order valence-corrected chi connectivity index (χ2v) is 6.59. The van der Waals surface area contributed by atoms with Crippen molar-refractivity contribution in [3.05, 3.63) is 65.7 Å². The highest BCUT2D eigenvalue weighted by molar-refractivity contribution is 5.89. The number of carbonyl (C=O) groups excluding carboxylic acids is 1. The van der Waals surface area contributed by atoms with Gasteiger partial charge < -0.3 is 10.6 Å². The van der Waals surface area contributed by atoms with Crippen LogP contribution in [0.5, 0.6) is 0 Å². The minimum atomic E-state index is -0.177. The summed E-state index contributed by atoms with van der Waals surface area (Å²) in [6, 6.07) is 17.9. The van der Waals surface area contributed by atoms with Crippen LogP contribution in [0.3, 0.4) is 0 Å². The summed E-state index contributed by atoms with van der Waals surface area (Å²) in [7, 11) is 0. The molecule has 0 heterocycles. The Balaban J connectivity index is 1.75. The molecule has 25 heavy (non-hydrogen) atoms. The van der Waals surface area contributed by atoms with Gasteiger partial charge in [0, 0.05) is 5.69 Å². The van der Waals surface area contributed by atoms with Gasteiger partial charge in [-0.3, -0.25) is 0 Å². The number of carbonyl (C=O) groups is 1. The van der Waals surface area contributed by atoms with Crippen molar-refractivity contribution in [3.8, 4) is 0 Å². The third-order valence-corrected chi connectivity index (χ3v) is 4.43. The topological polar surface area (TPSA) is 41.1 Å². The average molecular weight is 338 g/mol. The van der Waals surface area contributed by atoms with Gasteiger partial charge in [0.15, 0.2) is 0 Å². The number of amides is 2. The van der Waals surface area contributed by atoms with Crippen molar-refractivity contribution >= 4 is 11.7 Å². The van der Waals surface area contributed by atoms with Crippen LogP contribution in [0.4, 0.5) is 10.5 Å². The lowest BCUT2D eigenvalue weighted by atomic mass is 10.1. The molecule has 0 unspecified atom stereocenters. The number of urea groups is 1. The highest BCUT2D eigenvalue weighted by atomic mass is 16.2. The van der Waals surface area contributed by atoms with Crippen LogP contribution in [-0.4, -0.2) is 6.03 Å². The maximum atomic E-state index is 12.1. The second kappa shape index (κ2) is 10.5. The highest BCUT2D eigenvalue weighted by Gasteiger charge is 2.09. The summed E-state index contributed by atoms with van der Waals surface area (Å²) in [6.07, 6.45) is 7.59. The number of nitrogens with one attached hydrogen (secondary N) is 2. The van der Waals surface area contributed by atoms with Gasteiger partial charge in [0.05, 0.1) is 6.04 Å². The van der Waals surface area contributed by atoms with Gasteiger partial charge in [-0.25, -0.2) is 4.79 Å². The molecule has 0 aliphatic rings. The Bertz CT molecular complexity index is 622. The molecule has 3 nitrogen and oxygen atoms in total. The van der Waals surface area contributed by atoms with E-state index in [-0.39, 0.29) is 12.1 Å². The maximum absolute atomic E-state index is 12.1. The van der Waals surface area contributed by atoms with E-state index in [9.17, 15) is 4.79 Å². The Hall–Kier alpha value is -2.29. The fourth-order valence-electron chi connectivity index (χ4n) is 2.88. The number of benzene rings is 2. The molecule has 134 valence electrons. The molecular formula is C22H30N2O. The van der Waals surface area contributed by atoms with Gasteiger partial charge in [0.2, 0.25) is 0 Å². The first-order valence-corrected chi connectivity index (χ1v) is 9.40. The molecule has 1 atom stereocenters. The summed E-state index contributed by atoms with van der Waals surface area (Å²) in [5, 5.41) is 5.87. The van der Waals surface area contributed by atoms with E-state index >= 15 is 0 Å². The van der Waals surface area contributed by atoms with Crippen molar-refractivity contribution in [1.29, 1.82) is 0 Å². The Morgan fingerprint density at radius 2 is 1.60 bits per heavy atom. The van der Waals surface area contributed by atoms with Gasteiger partial charge in [-0.2, -0.15) is 0 Å². The monoisotopic (exact) mass is 338 g/mol. The molecule has 2 amide bonds. The van der Waals surface area contributed by atoms with E-state index in [0.29, 0.717) is 0 Å². The van der Waals surface area contributed by atoms with Crippen LogP contribution in [0, 0.1) is 0 Å². The number of hydrogen-bond acceptors (Lipinski definition) is 1. The summed E-state index contributed by atoms with van der Waals surface area (Å²) in [5.41, 5.74) is 3.25. The largest absolute Gasteiger partial charge is 0.331 e. The van der Waals surface area contributed by atoms with Crippen molar-refractivity contribution in [2.24, 2.45) is 0 Å². The Morgan fingerprint density at radius 1 is 0.920 bits per heavy atom. The lowest BCUT2D eigenvalue weighted by Gasteiger charge is -2.15. The summed E-state index contributed by atoms with van der Waals surface area (Å²) < 4.78 is 0. The standard InChI is InChI=1S/C22H30N2O/c1-3-4-5-6-8-11-19-14-16-21(17-15-19)24-22(25)23-18(2)20-12-9-7-10-13-20/h7,9-10,12-18H,3-6,8,11H2,1-2H3,(H2,23,24,25)/t18-/m1/s1. The van der Waals surface area contributed by atoms with Crippen molar-refractivity contribution < 1.29 is 4.79 Å². The molecule has 0 spiro atoms. The van der Waals surface area contributed by atoms with Crippen molar-refractivity contribution in [2.75, 3.05) is 5.32 Å². The first kappa shape index (κ1) is 19.0. The zero-order valence-corrected chi connectivity index (χ0v) is 15.4. The molecule has 2 aromatic rings. The number of aryl methyl sites for hydroxylation is 1. The highest BCUT2D eigenvalue weighted by Crippen LogP contribution is 2.14. The van der Waals surface area contributed by atoms with Crippen molar-refractivity contribution in [2.45, 2.75) is 58.4 Å². The maximum Gasteiger partial charge on any atom is 0.319 e. The summed E-state index contributed by atoms with van der Waals surface area (Å²) in [4.78, 5) is 12.1. The smallest absolute Gasteiger partial charge is 0.319 e. The quantitative estimate of drug-likeness (QED) is 0.534. The number of rotatable bonds is 9. The van der Waals surface area contributed by atoms with Crippen LogP contribution in [0.2, 0.25) is 0 Å². The van der Waals surface area contributed by atoms with Crippen LogP contribution in [0.1, 0.15) is 63.1 Å². The SMILES string of the molecule is CCCCCCCc1ccc(NC(=O)N[C@H](C)c2ccccc2)cc1. The summed E-state index contributed by atoms with van der Waals surface area (Å²) in [5.74, 6) is 0. The normalized spacial score (nSPS) is 11.8. The van der Waals surface area contributed by atoms with Gasteiger partial charge in [-0.15, -0.1) is 0 Å². The molecule has 0 aromatic heterocycles. The molecule has 3 heteroatoms. The molecule has 0 aliphatic heterocycles. The predicted molar refractivity (Wildman–Crippen MR) is 106 cm³/mol. The molecule has 0 bridgehead atoms. The van der Waals surface area contributed by atoms with Crippen LogP contribution < -0.4 is 10.6 Å². The third-order valence-electron chi connectivity index (χ3n) is 4.43. The minimum Gasteiger partial charge on any atom is -0.331 e. The molecule has 2 aromatic carbocycles. The predicted octanol–water partition coefficient (Wildman–Crippen LogP) is 6.08. The summed E-state index contributed by atoms with van der Waals surface area (Å²) >= 11 is 0. The van der Waals surface area contributed by atoms with Crippen molar-refractivity contribution in [3.63, 3.8) is 0 Å². The van der Waals surface area contributed by atoms with E-state index in [1.54, 1.807) is 0 Å². The molecular weight excluding hydrogens is 308 g/mol. The number of hydrogen-bond donors (Lipinski definition) is 2. The van der Waals surface area contributed by atoms with E-state index < -0.39 is 0 Å². The fourth-order valence-corrected chi connectivity index (χ4v) is 2.88. The van der Waals surface area contributed by atoms with Crippen LogP contribution in [-0.2, 0) is 6.42 Å². The fraction of sp³-hybridized carbons (Fsp3) is 0.409. The van der Waals surface area contributed by atoms with E-state index in [1.807, 2.05) is 49.4 Å². The van der Waals surface area contributed by atoms with Gasteiger partial charge in [0.25, 0.3) is 0 Å². The van der Waals surface area contributed by atoms with Gasteiger partial charge in [0.1, 0.15) is 0 Å². The molecule has 0 saturated carbocycles. The van der Waals surface area contributed by atoms with Gasteiger partial charge >= 0.3 is 6.03 Å². The molecule has 0 saturated heterocycles. The van der Waals surface area contributed by atoms with E-state index in [0.717, 1.165) is 17.7 Å². The van der Waals surface area contributed by atoms with Gasteiger partial charge in [-0.1, -0.05) is 75.1 Å². The Kier molecular flexibility index (Phi) is 8.03. The first-order valence-electron chi connectivity index (χ1n) is 9.40. The lowest BCUT2D eigenvalue weighted by molar-refractivity contribution is 0.249. The Labute approximate surface area is 151 Å². The van der Waals surface area contributed by atoms with E-state index in [4.69, 9.17) is 0 Å². The molecule has 0 aliphatic carbocycles. The first-order chi connectivity index (χ1) is 12.2. The van der Waals surface area contributed by atoms with Gasteiger partial charge in [-0.05, 0) is 43.0 Å². The minimum absolute atomic E-state index is 0.0245. The Morgan fingerprint density at radius 3 is 2.28 bits per heavy atom. The van der Waals surface area contributed by atoms with E-state index in [1.165, 1.54) is 37.7 Å². The average Bonchev–Trinajstić information content (AvgIpc) is 2.63. The zero-order valence-electron chi connectivity index (χ0n) is 15.4. The zero-order chi connectivity index (χ0) is 17.9. The van der Waals surface area contributed by atoms with Crippen LogP contribution >= 0.6 is 0 Å². The third kappa shape index (κ3) is 7.00. The second-order valence-electron chi connectivity index (χ2n) is 6.59.